The molecule has 10 heteroatoms. The second kappa shape index (κ2) is 7.29. The Balaban J connectivity index is 1.37. The van der Waals surface area contributed by atoms with Crippen molar-refractivity contribution in [1.82, 2.24) is 15.3 Å². The van der Waals surface area contributed by atoms with Crippen molar-refractivity contribution in [2.45, 2.75) is 18.9 Å². The van der Waals surface area contributed by atoms with Gasteiger partial charge >= 0.3 is 6.03 Å². The van der Waals surface area contributed by atoms with Gasteiger partial charge in [-0.1, -0.05) is 0 Å². The number of rotatable bonds is 5. The number of amidine groups is 1. The van der Waals surface area contributed by atoms with Gasteiger partial charge in [-0.05, 0) is 31.1 Å². The number of hydrogen-bond donors (Lipinski definition) is 3. The Hall–Kier alpha value is -3.69. The van der Waals surface area contributed by atoms with Gasteiger partial charge in [-0.15, -0.1) is 0 Å². The third kappa shape index (κ3) is 3.51. The predicted octanol–water partition coefficient (Wildman–Crippen LogP) is 2.59. The minimum atomic E-state index is -0.585. The first-order valence-corrected chi connectivity index (χ1v) is 9.74. The van der Waals surface area contributed by atoms with Crippen LogP contribution in [0, 0.1) is 5.82 Å². The average Bonchev–Trinajstić information content (AvgIpc) is 3.40. The highest BCUT2D eigenvalue weighted by atomic mass is 19.1. The van der Waals surface area contributed by atoms with E-state index < -0.39 is 5.82 Å². The molecule has 0 unspecified atom stereocenters. The quantitative estimate of drug-likeness (QED) is 0.701. The minimum absolute atomic E-state index is 0.0418. The molecule has 0 saturated heterocycles. The summed E-state index contributed by atoms with van der Waals surface area (Å²) in [4.78, 5) is 27.0. The SMILES string of the molecule is CNc1ncc2c(n1)N1CCN=C1C(Oc1ccc(NC(=O)NC3CC3)cc1F)=C2. The Labute approximate surface area is 172 Å². The van der Waals surface area contributed by atoms with Crippen LogP contribution in [0.1, 0.15) is 18.4 Å². The number of urea groups is 1. The first kappa shape index (κ1) is 18.3. The fraction of sp³-hybridized carbons (Fsp3) is 0.300. The predicted molar refractivity (Wildman–Crippen MR) is 111 cm³/mol. The molecule has 1 aromatic heterocycles. The van der Waals surface area contributed by atoms with Gasteiger partial charge in [0, 0.05) is 43.1 Å². The Kier molecular flexibility index (Phi) is 4.46. The van der Waals surface area contributed by atoms with E-state index >= 15 is 0 Å². The molecule has 1 saturated carbocycles. The molecule has 1 aliphatic carbocycles. The molecule has 1 fully saturated rings. The van der Waals surface area contributed by atoms with Crippen LogP contribution in [0.25, 0.3) is 6.08 Å². The highest BCUT2D eigenvalue weighted by Crippen LogP contribution is 2.33. The second-order valence-electron chi connectivity index (χ2n) is 7.21. The number of hydrogen-bond acceptors (Lipinski definition) is 7. The highest BCUT2D eigenvalue weighted by molar-refractivity contribution is 6.15. The smallest absolute Gasteiger partial charge is 0.319 e. The van der Waals surface area contributed by atoms with E-state index in [9.17, 15) is 9.18 Å². The Bertz CT molecular complexity index is 1080. The van der Waals surface area contributed by atoms with E-state index in [0.717, 1.165) is 24.2 Å². The number of anilines is 3. The largest absolute Gasteiger partial charge is 0.450 e. The molecule has 5 rings (SSSR count). The summed E-state index contributed by atoms with van der Waals surface area (Å²) >= 11 is 0. The molecule has 3 aliphatic rings. The molecule has 0 radical (unpaired) electrons. The minimum Gasteiger partial charge on any atom is -0.450 e. The third-order valence-electron chi connectivity index (χ3n) is 4.95. The summed E-state index contributed by atoms with van der Waals surface area (Å²) in [6.45, 7) is 1.25. The molecule has 3 N–H and O–H groups in total. The molecule has 3 heterocycles. The maximum atomic E-state index is 14.7. The molecule has 0 atom stereocenters. The normalized spacial score (nSPS) is 16.8. The van der Waals surface area contributed by atoms with Gasteiger partial charge in [0.1, 0.15) is 5.82 Å². The lowest BCUT2D eigenvalue weighted by Gasteiger charge is -2.27. The van der Waals surface area contributed by atoms with Crippen molar-refractivity contribution in [2.75, 3.05) is 35.7 Å². The monoisotopic (exact) mass is 409 g/mol. The Morgan fingerprint density at radius 3 is 2.97 bits per heavy atom. The molecule has 2 aromatic rings. The summed E-state index contributed by atoms with van der Waals surface area (Å²) < 4.78 is 20.5. The zero-order valence-electron chi connectivity index (χ0n) is 16.3. The van der Waals surface area contributed by atoms with Gasteiger partial charge < -0.3 is 25.6 Å². The maximum Gasteiger partial charge on any atom is 0.319 e. The Morgan fingerprint density at radius 1 is 1.33 bits per heavy atom. The number of halogens is 1. The Morgan fingerprint density at radius 2 is 2.20 bits per heavy atom. The maximum absolute atomic E-state index is 14.7. The van der Waals surface area contributed by atoms with Gasteiger partial charge in [0.25, 0.3) is 0 Å². The van der Waals surface area contributed by atoms with Crippen LogP contribution in [0.4, 0.5) is 26.6 Å². The highest BCUT2D eigenvalue weighted by Gasteiger charge is 2.31. The van der Waals surface area contributed by atoms with Crippen molar-refractivity contribution in [2.24, 2.45) is 4.99 Å². The lowest BCUT2D eigenvalue weighted by atomic mass is 10.1. The van der Waals surface area contributed by atoms with E-state index in [0.29, 0.717) is 36.3 Å². The molecule has 154 valence electrons. The van der Waals surface area contributed by atoms with Crippen molar-refractivity contribution in [3.05, 3.63) is 41.5 Å². The van der Waals surface area contributed by atoms with Gasteiger partial charge in [-0.3, -0.25) is 4.99 Å². The van der Waals surface area contributed by atoms with Crippen LogP contribution in [-0.2, 0) is 0 Å². The zero-order valence-corrected chi connectivity index (χ0v) is 16.3. The van der Waals surface area contributed by atoms with E-state index in [4.69, 9.17) is 4.74 Å². The first-order chi connectivity index (χ1) is 14.6. The number of carbonyl (C=O) groups is 1. The topological polar surface area (TPSA) is 104 Å². The molecule has 0 spiro atoms. The number of carbonyl (C=O) groups excluding carboxylic acids is 1. The van der Waals surface area contributed by atoms with E-state index in [1.165, 1.54) is 12.1 Å². The summed E-state index contributed by atoms with van der Waals surface area (Å²) in [5.74, 6) is 1.73. The van der Waals surface area contributed by atoms with Crippen LogP contribution in [0.5, 0.6) is 5.75 Å². The number of amides is 2. The number of nitrogens with one attached hydrogen (secondary N) is 3. The number of aromatic nitrogens is 2. The van der Waals surface area contributed by atoms with Crippen molar-refractivity contribution < 1.29 is 13.9 Å². The van der Waals surface area contributed by atoms with Crippen molar-refractivity contribution >= 4 is 35.4 Å². The fourth-order valence-corrected chi connectivity index (χ4v) is 3.33. The van der Waals surface area contributed by atoms with Gasteiger partial charge in [-0.25, -0.2) is 14.2 Å². The summed E-state index contributed by atoms with van der Waals surface area (Å²) in [5, 5.41) is 8.35. The first-order valence-electron chi connectivity index (χ1n) is 9.74. The van der Waals surface area contributed by atoms with Crippen molar-refractivity contribution in [3.63, 3.8) is 0 Å². The van der Waals surface area contributed by atoms with Crippen LogP contribution < -0.4 is 25.6 Å². The number of aliphatic imine (C=N–C) groups is 1. The van der Waals surface area contributed by atoms with Crippen LogP contribution in [-0.4, -0.2) is 48.0 Å². The van der Waals surface area contributed by atoms with Crippen LogP contribution in [0.2, 0.25) is 0 Å². The number of benzene rings is 1. The van der Waals surface area contributed by atoms with Crippen molar-refractivity contribution in [1.29, 1.82) is 0 Å². The van der Waals surface area contributed by atoms with Gasteiger partial charge in [0.15, 0.2) is 23.2 Å². The van der Waals surface area contributed by atoms with E-state index in [-0.39, 0.29) is 17.8 Å². The lowest BCUT2D eigenvalue weighted by molar-refractivity contribution is 0.251. The molecule has 2 aliphatic heterocycles. The molecular weight excluding hydrogens is 389 g/mol. The van der Waals surface area contributed by atoms with Crippen LogP contribution in [0.15, 0.2) is 35.1 Å². The zero-order chi connectivity index (χ0) is 20.7. The molecule has 1 aromatic carbocycles. The number of nitrogens with zero attached hydrogens (tertiary/aromatic N) is 4. The van der Waals surface area contributed by atoms with Gasteiger partial charge in [0.2, 0.25) is 5.95 Å². The van der Waals surface area contributed by atoms with E-state index in [2.05, 4.69) is 30.9 Å². The third-order valence-corrected chi connectivity index (χ3v) is 4.95. The van der Waals surface area contributed by atoms with Crippen LogP contribution >= 0.6 is 0 Å². The second-order valence-corrected chi connectivity index (χ2v) is 7.21. The number of ether oxygens (including phenoxy) is 1. The van der Waals surface area contributed by atoms with E-state index in [1.54, 1.807) is 25.4 Å². The fourth-order valence-electron chi connectivity index (χ4n) is 3.33. The summed E-state index contributed by atoms with van der Waals surface area (Å²) in [5.41, 5.74) is 1.12. The van der Waals surface area contributed by atoms with Crippen LogP contribution in [0.3, 0.4) is 0 Å². The lowest BCUT2D eigenvalue weighted by Crippen LogP contribution is -2.34. The average molecular weight is 409 g/mol. The standard InChI is InChI=1S/C20H20FN7O2/c1-22-19-24-10-11-8-16(18-23-6-7-28(18)17(11)27-19)30-15-5-4-13(9-14(15)21)26-20(29)25-12-2-3-12/h4-5,8-10,12H,2-3,6-7H2,1H3,(H,22,24,27)(H2,25,26,29). The van der Waals surface area contributed by atoms with Crippen molar-refractivity contribution in [3.8, 4) is 5.75 Å². The summed E-state index contributed by atoms with van der Waals surface area (Å²) in [7, 11) is 1.75. The summed E-state index contributed by atoms with van der Waals surface area (Å²) in [6.07, 6.45) is 5.41. The summed E-state index contributed by atoms with van der Waals surface area (Å²) in [6, 6.07) is 4.20. The molecular formula is C20H20FN7O2. The van der Waals surface area contributed by atoms with Gasteiger partial charge in [-0.2, -0.15) is 4.98 Å². The molecule has 0 bridgehead atoms. The van der Waals surface area contributed by atoms with E-state index in [1.807, 2.05) is 4.90 Å². The molecule has 9 nitrogen and oxygen atoms in total. The molecule has 30 heavy (non-hydrogen) atoms. The number of fused-ring (bicyclic) bond motifs is 3. The molecule has 2 amide bonds. The van der Waals surface area contributed by atoms with Gasteiger partial charge in [0.05, 0.1) is 6.54 Å².